The number of halogens is 2. The predicted molar refractivity (Wildman–Crippen MR) is 142 cm³/mol. The number of piperazine rings is 1. The van der Waals surface area contributed by atoms with Crippen LogP contribution < -0.4 is 9.64 Å². The van der Waals surface area contributed by atoms with E-state index in [0.29, 0.717) is 30.4 Å². The summed E-state index contributed by atoms with van der Waals surface area (Å²) in [6, 6.07) is 20.0. The normalized spacial score (nSPS) is 19.1. The predicted octanol–water partition coefficient (Wildman–Crippen LogP) is 5.32. The summed E-state index contributed by atoms with van der Waals surface area (Å²) < 4.78 is 19.3. The quantitative estimate of drug-likeness (QED) is 0.428. The monoisotopic (exact) mass is 512 g/mol. The lowest BCUT2D eigenvalue weighted by Gasteiger charge is -2.45. The van der Waals surface area contributed by atoms with Gasteiger partial charge >= 0.3 is 0 Å². The van der Waals surface area contributed by atoms with E-state index in [1.807, 2.05) is 62.4 Å². The summed E-state index contributed by atoms with van der Waals surface area (Å²) in [5.41, 5.74) is 2.86. The molecular formula is C29H34ClFN2O3. The minimum atomic E-state index is -1.01. The molecule has 0 amide bonds. The van der Waals surface area contributed by atoms with Gasteiger partial charge in [0.15, 0.2) is 0 Å². The van der Waals surface area contributed by atoms with E-state index in [-0.39, 0.29) is 18.5 Å². The van der Waals surface area contributed by atoms with Gasteiger partial charge in [0.05, 0.1) is 28.5 Å². The molecule has 1 saturated heterocycles. The van der Waals surface area contributed by atoms with Gasteiger partial charge in [-0.15, -0.1) is 0 Å². The molecule has 192 valence electrons. The van der Waals surface area contributed by atoms with E-state index >= 15 is 0 Å². The summed E-state index contributed by atoms with van der Waals surface area (Å²) >= 11 is 6.69. The van der Waals surface area contributed by atoms with Crippen molar-refractivity contribution in [3.05, 3.63) is 94.3 Å². The lowest BCUT2D eigenvalue weighted by molar-refractivity contribution is 0.0103. The van der Waals surface area contributed by atoms with E-state index in [0.717, 1.165) is 28.9 Å². The van der Waals surface area contributed by atoms with Crippen molar-refractivity contribution in [3.8, 4) is 5.75 Å². The first-order chi connectivity index (χ1) is 17.1. The van der Waals surface area contributed by atoms with Crippen molar-refractivity contribution in [1.82, 2.24) is 4.90 Å². The highest BCUT2D eigenvalue weighted by molar-refractivity contribution is 6.33. The minimum Gasteiger partial charge on any atom is -0.491 e. The first kappa shape index (κ1) is 26.4. The van der Waals surface area contributed by atoms with Crippen molar-refractivity contribution in [3.63, 3.8) is 0 Å². The Kier molecular flexibility index (Phi) is 8.20. The molecule has 5 nitrogen and oxygen atoms in total. The van der Waals surface area contributed by atoms with E-state index in [2.05, 4.69) is 9.80 Å². The van der Waals surface area contributed by atoms with Crippen LogP contribution in [0, 0.1) is 12.7 Å². The highest BCUT2D eigenvalue weighted by Gasteiger charge is 2.34. The molecule has 0 spiro atoms. The van der Waals surface area contributed by atoms with Crippen molar-refractivity contribution < 1.29 is 19.3 Å². The summed E-state index contributed by atoms with van der Waals surface area (Å²) in [6.07, 6.45) is -0.573. The number of aliphatic hydroxyl groups excluding tert-OH is 1. The Morgan fingerprint density at radius 1 is 1.08 bits per heavy atom. The average molecular weight is 513 g/mol. The topological polar surface area (TPSA) is 56.2 Å². The van der Waals surface area contributed by atoms with Crippen LogP contribution in [-0.2, 0) is 5.60 Å². The molecule has 1 aliphatic rings. The lowest BCUT2D eigenvalue weighted by Crippen LogP contribution is -2.52. The van der Waals surface area contributed by atoms with Crippen LogP contribution >= 0.6 is 11.6 Å². The number of rotatable bonds is 8. The number of anilines is 1. The minimum absolute atomic E-state index is 0.0881. The number of aryl methyl sites for hydroxylation is 1. The maximum absolute atomic E-state index is 13.7. The number of aliphatic hydroxyl groups is 2. The fraction of sp³-hybridized carbons (Fsp3) is 0.379. The molecule has 7 heteroatoms. The molecule has 3 aromatic rings. The largest absolute Gasteiger partial charge is 0.491 e. The van der Waals surface area contributed by atoms with Crippen LogP contribution in [0.25, 0.3) is 0 Å². The lowest BCUT2D eigenvalue weighted by atomic mass is 9.93. The molecule has 36 heavy (non-hydrogen) atoms. The van der Waals surface area contributed by atoms with Crippen LogP contribution in [0.1, 0.15) is 36.6 Å². The molecule has 0 aromatic heterocycles. The smallest absolute Gasteiger partial charge is 0.123 e. The highest BCUT2D eigenvalue weighted by Crippen LogP contribution is 2.38. The summed E-state index contributed by atoms with van der Waals surface area (Å²) in [5.74, 6) is 0.314. The van der Waals surface area contributed by atoms with Crippen molar-refractivity contribution in [2.75, 3.05) is 37.7 Å². The van der Waals surface area contributed by atoms with Crippen LogP contribution in [0.4, 0.5) is 10.1 Å². The summed E-state index contributed by atoms with van der Waals surface area (Å²) in [5, 5.41) is 21.4. The molecule has 4 rings (SSSR count). The Hall–Kier alpha value is -2.64. The van der Waals surface area contributed by atoms with E-state index in [1.54, 1.807) is 13.0 Å². The maximum atomic E-state index is 13.7. The second kappa shape index (κ2) is 11.2. The van der Waals surface area contributed by atoms with Crippen LogP contribution in [-0.4, -0.2) is 54.0 Å². The van der Waals surface area contributed by atoms with Gasteiger partial charge in [-0.2, -0.15) is 0 Å². The Morgan fingerprint density at radius 2 is 1.78 bits per heavy atom. The SMILES string of the molecule is Cc1ccc([C@](C)(O)CN2CCN(c3ccc(OC[C@@H](C)O)cc3Cl)[C@H](c3ccc(F)cc3)C2)cc1. The molecule has 3 atom stereocenters. The van der Waals surface area contributed by atoms with E-state index in [9.17, 15) is 14.6 Å². The molecule has 0 saturated carbocycles. The van der Waals surface area contributed by atoms with Crippen molar-refractivity contribution >= 4 is 17.3 Å². The third-order valence-electron chi connectivity index (χ3n) is 6.64. The Bertz CT molecular complexity index is 1150. The van der Waals surface area contributed by atoms with Crippen LogP contribution in [0.5, 0.6) is 5.75 Å². The van der Waals surface area contributed by atoms with Gasteiger partial charge in [-0.3, -0.25) is 4.90 Å². The van der Waals surface area contributed by atoms with Crippen molar-refractivity contribution in [2.45, 2.75) is 38.5 Å². The molecule has 0 bridgehead atoms. The van der Waals surface area contributed by atoms with E-state index in [4.69, 9.17) is 16.3 Å². The highest BCUT2D eigenvalue weighted by atomic mass is 35.5. The first-order valence-electron chi connectivity index (χ1n) is 12.3. The molecule has 0 aliphatic carbocycles. The van der Waals surface area contributed by atoms with E-state index < -0.39 is 11.7 Å². The van der Waals surface area contributed by atoms with Gasteiger partial charge in [0.1, 0.15) is 18.2 Å². The molecule has 1 aliphatic heterocycles. The second-order valence-electron chi connectivity index (χ2n) is 9.91. The molecule has 0 radical (unpaired) electrons. The second-order valence-corrected chi connectivity index (χ2v) is 10.3. The molecule has 2 N–H and O–H groups in total. The fourth-order valence-corrected chi connectivity index (χ4v) is 4.99. The first-order valence-corrected chi connectivity index (χ1v) is 12.6. The summed E-state index contributed by atoms with van der Waals surface area (Å²) in [6.45, 7) is 8.26. The van der Waals surface area contributed by atoms with Gasteiger partial charge < -0.3 is 19.8 Å². The molecule has 0 unspecified atom stereocenters. The standard InChI is InChI=1S/C29H34ClFN2O3/c1-20-4-8-23(9-5-20)29(3,35)19-32-14-15-33(28(17-32)22-6-10-24(31)11-7-22)27-13-12-25(16-26(27)30)36-18-21(2)34/h4-13,16,21,28,34-35H,14-15,17-19H2,1-3H3/t21-,28+,29-/m1/s1. The maximum Gasteiger partial charge on any atom is 0.123 e. The third-order valence-corrected chi connectivity index (χ3v) is 6.95. The van der Waals surface area contributed by atoms with E-state index in [1.165, 1.54) is 12.1 Å². The number of hydrogen-bond donors (Lipinski definition) is 2. The zero-order valence-electron chi connectivity index (χ0n) is 21.0. The Labute approximate surface area is 217 Å². The van der Waals surface area contributed by atoms with Gasteiger partial charge in [-0.05, 0) is 56.2 Å². The average Bonchev–Trinajstić information content (AvgIpc) is 2.83. The zero-order chi connectivity index (χ0) is 25.9. The van der Waals surface area contributed by atoms with Crippen LogP contribution in [0.2, 0.25) is 5.02 Å². The molecule has 3 aromatic carbocycles. The van der Waals surface area contributed by atoms with Gasteiger partial charge in [0.2, 0.25) is 0 Å². The number of ether oxygens (including phenoxy) is 1. The number of hydrogen-bond acceptors (Lipinski definition) is 5. The molecular weight excluding hydrogens is 479 g/mol. The number of nitrogens with zero attached hydrogens (tertiary/aromatic N) is 2. The van der Waals surface area contributed by atoms with Crippen molar-refractivity contribution in [1.29, 1.82) is 0 Å². The fourth-order valence-electron chi connectivity index (χ4n) is 4.71. The van der Waals surface area contributed by atoms with Gasteiger partial charge in [0.25, 0.3) is 0 Å². The van der Waals surface area contributed by atoms with Gasteiger partial charge in [-0.1, -0.05) is 53.6 Å². The van der Waals surface area contributed by atoms with Crippen LogP contribution in [0.15, 0.2) is 66.7 Å². The summed E-state index contributed by atoms with van der Waals surface area (Å²) in [4.78, 5) is 4.48. The number of β-amino-alcohol motifs (C(OH)–C–C–N with tert-alkyl or cyclic N) is 1. The Balaban J connectivity index is 1.58. The molecule has 1 heterocycles. The van der Waals surface area contributed by atoms with Gasteiger partial charge in [0, 0.05) is 32.2 Å². The van der Waals surface area contributed by atoms with Crippen LogP contribution in [0.3, 0.4) is 0 Å². The summed E-state index contributed by atoms with van der Waals surface area (Å²) in [7, 11) is 0. The van der Waals surface area contributed by atoms with Crippen molar-refractivity contribution in [2.24, 2.45) is 0 Å². The number of benzene rings is 3. The van der Waals surface area contributed by atoms with Gasteiger partial charge in [-0.25, -0.2) is 4.39 Å². The zero-order valence-corrected chi connectivity index (χ0v) is 21.8. The third kappa shape index (κ3) is 6.37. The Morgan fingerprint density at radius 3 is 2.42 bits per heavy atom. The molecule has 1 fully saturated rings.